The van der Waals surface area contributed by atoms with Crippen molar-refractivity contribution in [2.75, 3.05) is 5.32 Å². The molecular formula is C25H27N5O3. The first-order valence-corrected chi connectivity index (χ1v) is 10.9. The van der Waals surface area contributed by atoms with Crippen LogP contribution >= 0.6 is 0 Å². The number of fused-ring (bicyclic) bond motifs is 1. The van der Waals surface area contributed by atoms with Crippen molar-refractivity contribution in [1.29, 1.82) is 0 Å². The predicted octanol–water partition coefficient (Wildman–Crippen LogP) is 4.91. The number of carbonyl (C=O) groups excluding carboxylic acids is 2. The van der Waals surface area contributed by atoms with Crippen molar-refractivity contribution >= 4 is 28.5 Å². The highest BCUT2D eigenvalue weighted by Gasteiger charge is 2.20. The van der Waals surface area contributed by atoms with Gasteiger partial charge in [-0.05, 0) is 50.1 Å². The van der Waals surface area contributed by atoms with Crippen LogP contribution in [0.25, 0.3) is 11.0 Å². The third-order valence-corrected chi connectivity index (χ3v) is 5.34. The summed E-state index contributed by atoms with van der Waals surface area (Å²) in [5.74, 6) is 0.153. The summed E-state index contributed by atoms with van der Waals surface area (Å²) in [5.41, 5.74) is 2.74. The number of carbonyl (C=O) groups is 2. The van der Waals surface area contributed by atoms with Crippen LogP contribution < -0.4 is 10.6 Å². The molecule has 8 heteroatoms. The molecule has 2 amide bonds. The first-order valence-electron chi connectivity index (χ1n) is 10.9. The molecule has 0 radical (unpaired) electrons. The van der Waals surface area contributed by atoms with Crippen LogP contribution in [0.1, 0.15) is 71.8 Å². The maximum Gasteiger partial charge on any atom is 0.256 e. The molecular weight excluding hydrogens is 418 g/mol. The van der Waals surface area contributed by atoms with E-state index < -0.39 is 0 Å². The highest BCUT2D eigenvalue weighted by Crippen LogP contribution is 2.26. The molecule has 0 saturated carbocycles. The summed E-state index contributed by atoms with van der Waals surface area (Å²) in [5, 5.41) is 10.8. The molecule has 2 N–H and O–H groups in total. The smallest absolute Gasteiger partial charge is 0.256 e. The molecule has 0 aliphatic heterocycles. The summed E-state index contributed by atoms with van der Waals surface area (Å²) < 4.78 is 7.08. The van der Waals surface area contributed by atoms with Gasteiger partial charge in [-0.15, -0.1) is 0 Å². The Bertz CT molecular complexity index is 1290. The molecule has 0 aliphatic carbocycles. The average molecular weight is 446 g/mol. The normalized spacial score (nSPS) is 11.3. The summed E-state index contributed by atoms with van der Waals surface area (Å²) in [4.78, 5) is 30.9. The standard InChI is InChI=1S/C25H27N5O3/c1-15(2)22-12-19(20-14-27-30(16(3)4)23(20)28-22)25(32)29-21-10-6-5-9-18(21)24(31)26-13-17-8-7-11-33-17/h5-12,14-16H,13H2,1-4H3,(H,26,31)(H,29,32). The zero-order chi connectivity index (χ0) is 23.5. The number of furan rings is 1. The summed E-state index contributed by atoms with van der Waals surface area (Å²) >= 11 is 0. The molecule has 0 unspecified atom stereocenters. The van der Waals surface area contributed by atoms with E-state index in [2.05, 4.69) is 15.7 Å². The molecule has 0 atom stereocenters. The summed E-state index contributed by atoms with van der Waals surface area (Å²) in [6.45, 7) is 8.36. The second kappa shape index (κ2) is 9.28. The molecule has 3 aromatic heterocycles. The third kappa shape index (κ3) is 4.64. The van der Waals surface area contributed by atoms with Gasteiger partial charge in [0, 0.05) is 11.7 Å². The van der Waals surface area contributed by atoms with Gasteiger partial charge in [-0.2, -0.15) is 5.10 Å². The minimum absolute atomic E-state index is 0.104. The first kappa shape index (κ1) is 22.3. The van der Waals surface area contributed by atoms with Crippen molar-refractivity contribution in [3.63, 3.8) is 0 Å². The van der Waals surface area contributed by atoms with E-state index in [1.165, 1.54) is 0 Å². The maximum absolute atomic E-state index is 13.4. The number of nitrogens with zero attached hydrogens (tertiary/aromatic N) is 3. The molecule has 0 spiro atoms. The van der Waals surface area contributed by atoms with E-state index in [1.807, 2.05) is 32.4 Å². The zero-order valence-electron chi connectivity index (χ0n) is 19.1. The molecule has 0 bridgehead atoms. The van der Waals surface area contributed by atoms with Gasteiger partial charge in [-0.3, -0.25) is 9.59 Å². The topological polar surface area (TPSA) is 102 Å². The Balaban J connectivity index is 1.64. The van der Waals surface area contributed by atoms with Gasteiger partial charge in [-0.1, -0.05) is 26.0 Å². The maximum atomic E-state index is 13.4. The van der Waals surface area contributed by atoms with E-state index in [4.69, 9.17) is 9.40 Å². The monoisotopic (exact) mass is 445 g/mol. The molecule has 0 aliphatic rings. The third-order valence-electron chi connectivity index (χ3n) is 5.34. The Kier molecular flexibility index (Phi) is 6.26. The number of rotatable bonds is 7. The van der Waals surface area contributed by atoms with E-state index in [9.17, 15) is 9.59 Å². The van der Waals surface area contributed by atoms with Gasteiger partial charge in [0.2, 0.25) is 0 Å². The number of pyridine rings is 1. The lowest BCUT2D eigenvalue weighted by Crippen LogP contribution is -2.24. The van der Waals surface area contributed by atoms with Crippen LogP contribution in [0.15, 0.2) is 59.3 Å². The molecule has 8 nitrogen and oxygen atoms in total. The summed E-state index contributed by atoms with van der Waals surface area (Å²) in [7, 11) is 0. The molecule has 170 valence electrons. The number of nitrogens with one attached hydrogen (secondary N) is 2. The fourth-order valence-corrected chi connectivity index (χ4v) is 3.55. The predicted molar refractivity (Wildman–Crippen MR) is 126 cm³/mol. The fraction of sp³-hybridized carbons (Fsp3) is 0.280. The Morgan fingerprint density at radius 3 is 2.52 bits per heavy atom. The quantitative estimate of drug-likeness (QED) is 0.421. The van der Waals surface area contributed by atoms with Crippen molar-refractivity contribution in [3.8, 4) is 0 Å². The highest BCUT2D eigenvalue weighted by atomic mass is 16.3. The van der Waals surface area contributed by atoms with Gasteiger partial charge in [0.05, 0.1) is 41.2 Å². The fourth-order valence-electron chi connectivity index (χ4n) is 3.55. The Hall–Kier alpha value is -3.94. The highest BCUT2D eigenvalue weighted by molar-refractivity contribution is 6.14. The average Bonchev–Trinajstić information content (AvgIpc) is 3.46. The van der Waals surface area contributed by atoms with Crippen molar-refractivity contribution in [2.24, 2.45) is 0 Å². The SMILES string of the molecule is CC(C)c1cc(C(=O)Nc2ccccc2C(=O)NCc2ccco2)c2cnn(C(C)C)c2n1. The number of hydrogen-bond donors (Lipinski definition) is 2. The largest absolute Gasteiger partial charge is 0.467 e. The van der Waals surface area contributed by atoms with Crippen molar-refractivity contribution in [3.05, 3.63) is 77.5 Å². The second-order valence-electron chi connectivity index (χ2n) is 8.43. The van der Waals surface area contributed by atoms with Gasteiger partial charge < -0.3 is 15.1 Å². The molecule has 1 aromatic carbocycles. The van der Waals surface area contributed by atoms with E-state index in [0.717, 1.165) is 5.69 Å². The van der Waals surface area contributed by atoms with Crippen LogP contribution in [-0.4, -0.2) is 26.6 Å². The number of anilines is 1. The van der Waals surface area contributed by atoms with Crippen LogP contribution in [0.5, 0.6) is 0 Å². The van der Waals surface area contributed by atoms with Crippen molar-refractivity contribution in [2.45, 2.75) is 46.2 Å². The van der Waals surface area contributed by atoms with Crippen molar-refractivity contribution < 1.29 is 14.0 Å². The van der Waals surface area contributed by atoms with E-state index in [0.29, 0.717) is 33.6 Å². The van der Waals surface area contributed by atoms with Crippen LogP contribution in [0, 0.1) is 0 Å². The summed E-state index contributed by atoms with van der Waals surface area (Å²) in [6.07, 6.45) is 3.22. The number of benzene rings is 1. The summed E-state index contributed by atoms with van der Waals surface area (Å²) in [6, 6.07) is 12.4. The lowest BCUT2D eigenvalue weighted by atomic mass is 10.0. The molecule has 4 rings (SSSR count). The van der Waals surface area contributed by atoms with Gasteiger partial charge >= 0.3 is 0 Å². The molecule has 4 aromatic rings. The zero-order valence-corrected chi connectivity index (χ0v) is 19.1. The van der Waals surface area contributed by atoms with Crippen LogP contribution in [-0.2, 0) is 6.54 Å². The lowest BCUT2D eigenvalue weighted by molar-refractivity contribution is 0.0949. The first-order chi connectivity index (χ1) is 15.8. The molecule has 3 heterocycles. The molecule has 0 saturated heterocycles. The Labute approximate surface area is 192 Å². The van der Waals surface area contributed by atoms with E-state index in [-0.39, 0.29) is 30.3 Å². The minimum Gasteiger partial charge on any atom is -0.467 e. The minimum atomic E-state index is -0.320. The lowest BCUT2D eigenvalue weighted by Gasteiger charge is -2.14. The van der Waals surface area contributed by atoms with Crippen LogP contribution in [0.4, 0.5) is 5.69 Å². The number of para-hydroxylation sites is 1. The number of aromatic nitrogens is 3. The van der Waals surface area contributed by atoms with Crippen molar-refractivity contribution in [1.82, 2.24) is 20.1 Å². The van der Waals surface area contributed by atoms with Crippen LogP contribution in [0.2, 0.25) is 0 Å². The van der Waals surface area contributed by atoms with Gasteiger partial charge in [0.1, 0.15) is 5.76 Å². The Morgan fingerprint density at radius 1 is 1.03 bits per heavy atom. The van der Waals surface area contributed by atoms with E-state index >= 15 is 0 Å². The van der Waals surface area contributed by atoms with Gasteiger partial charge in [0.25, 0.3) is 11.8 Å². The number of amides is 2. The second-order valence-corrected chi connectivity index (χ2v) is 8.43. The van der Waals surface area contributed by atoms with Crippen LogP contribution in [0.3, 0.4) is 0 Å². The molecule has 0 fully saturated rings. The number of hydrogen-bond acceptors (Lipinski definition) is 5. The molecule has 33 heavy (non-hydrogen) atoms. The van der Waals surface area contributed by atoms with Gasteiger partial charge in [0.15, 0.2) is 5.65 Å². The Morgan fingerprint density at radius 2 is 1.82 bits per heavy atom. The van der Waals surface area contributed by atoms with Gasteiger partial charge in [-0.25, -0.2) is 9.67 Å². The van der Waals surface area contributed by atoms with E-state index in [1.54, 1.807) is 54.9 Å².